The number of hydrogen-bond acceptors (Lipinski definition) is 6. The molecule has 0 spiro atoms. The minimum atomic E-state index is -3.62. The second-order valence-electron chi connectivity index (χ2n) is 7.06. The molecule has 1 aliphatic heterocycles. The van der Waals surface area contributed by atoms with Crippen LogP contribution in [0.15, 0.2) is 39.6 Å². The molecule has 3 aromatic rings. The first kappa shape index (κ1) is 19.8. The van der Waals surface area contributed by atoms with Crippen LogP contribution in [0.3, 0.4) is 0 Å². The average molecular weight is 417 g/mol. The zero-order chi connectivity index (χ0) is 20.6. The zero-order valence-corrected chi connectivity index (χ0v) is 17.6. The van der Waals surface area contributed by atoms with E-state index in [0.717, 1.165) is 11.3 Å². The summed E-state index contributed by atoms with van der Waals surface area (Å²) < 4.78 is 40.5. The van der Waals surface area contributed by atoms with Crippen LogP contribution in [-0.2, 0) is 21.3 Å². The van der Waals surface area contributed by atoms with Gasteiger partial charge in [-0.3, -0.25) is 4.68 Å². The van der Waals surface area contributed by atoms with E-state index in [1.54, 1.807) is 18.5 Å². The molecule has 0 bridgehead atoms. The maximum absolute atomic E-state index is 13.1. The van der Waals surface area contributed by atoms with Crippen LogP contribution in [0.5, 0.6) is 0 Å². The van der Waals surface area contributed by atoms with E-state index >= 15 is 0 Å². The van der Waals surface area contributed by atoms with Gasteiger partial charge in [-0.25, -0.2) is 13.4 Å². The van der Waals surface area contributed by atoms with Crippen molar-refractivity contribution in [3.8, 4) is 11.5 Å². The van der Waals surface area contributed by atoms with Gasteiger partial charge in [0.2, 0.25) is 15.9 Å². The molecule has 0 saturated carbocycles. The Balaban J connectivity index is 1.65. The Morgan fingerprint density at radius 2 is 1.76 bits per heavy atom. The molecule has 0 aliphatic carbocycles. The summed E-state index contributed by atoms with van der Waals surface area (Å²) in [4.78, 5) is 4.87. The number of ether oxygens (including phenoxy) is 1. The van der Waals surface area contributed by atoms with Crippen molar-refractivity contribution in [3.63, 3.8) is 0 Å². The molecule has 1 aromatic carbocycles. The predicted octanol–water partition coefficient (Wildman–Crippen LogP) is 2.53. The van der Waals surface area contributed by atoms with E-state index < -0.39 is 10.0 Å². The Morgan fingerprint density at radius 3 is 2.45 bits per heavy atom. The number of nitrogens with zero attached hydrogens (tertiary/aromatic N) is 4. The summed E-state index contributed by atoms with van der Waals surface area (Å²) in [6.07, 6.45) is 0. The van der Waals surface area contributed by atoms with Crippen molar-refractivity contribution < 1.29 is 17.6 Å². The number of aromatic nitrogens is 3. The highest BCUT2D eigenvalue weighted by molar-refractivity contribution is 7.89. The third-order valence-corrected chi connectivity index (χ3v) is 7.25. The molecular weight excluding hydrogens is 392 g/mol. The van der Waals surface area contributed by atoms with Gasteiger partial charge >= 0.3 is 0 Å². The van der Waals surface area contributed by atoms with Gasteiger partial charge in [-0.05, 0) is 32.9 Å². The largest absolute Gasteiger partial charge is 0.441 e. The normalized spacial score (nSPS) is 15.7. The molecule has 4 rings (SSSR count). The Labute approximate surface area is 170 Å². The lowest BCUT2D eigenvalue weighted by Crippen LogP contribution is -2.41. The number of benzene rings is 1. The maximum Gasteiger partial charge on any atom is 0.246 e. The number of oxazole rings is 1. The highest BCUT2D eigenvalue weighted by Crippen LogP contribution is 2.26. The smallest absolute Gasteiger partial charge is 0.246 e. The van der Waals surface area contributed by atoms with Crippen molar-refractivity contribution in [2.45, 2.75) is 32.2 Å². The molecular formula is C20H24N4O4S. The van der Waals surface area contributed by atoms with Gasteiger partial charge in [0.25, 0.3) is 0 Å². The zero-order valence-electron chi connectivity index (χ0n) is 16.8. The number of sulfonamides is 1. The van der Waals surface area contributed by atoms with Crippen LogP contribution in [0.1, 0.15) is 22.8 Å². The molecule has 1 aliphatic rings. The molecule has 0 atom stereocenters. The van der Waals surface area contributed by atoms with E-state index in [9.17, 15) is 8.42 Å². The molecule has 8 nitrogen and oxygen atoms in total. The summed E-state index contributed by atoms with van der Waals surface area (Å²) in [5.74, 6) is 1.23. The Hall–Kier alpha value is -2.49. The predicted molar refractivity (Wildman–Crippen MR) is 107 cm³/mol. The SMILES string of the molecule is Cc1nn(Cc2nc(-c3ccccc3)oc2C)c(C)c1S(=O)(=O)N1CCOCC1. The van der Waals surface area contributed by atoms with E-state index in [2.05, 4.69) is 10.1 Å². The van der Waals surface area contributed by atoms with E-state index in [-0.39, 0.29) is 4.90 Å². The molecule has 9 heteroatoms. The second kappa shape index (κ2) is 7.74. The minimum absolute atomic E-state index is 0.267. The maximum atomic E-state index is 13.1. The van der Waals surface area contributed by atoms with Gasteiger partial charge in [-0.15, -0.1) is 0 Å². The summed E-state index contributed by atoms with van der Waals surface area (Å²) >= 11 is 0. The number of aryl methyl sites for hydroxylation is 2. The van der Waals surface area contributed by atoms with Crippen molar-refractivity contribution in [1.29, 1.82) is 0 Å². The van der Waals surface area contributed by atoms with Gasteiger partial charge in [0.15, 0.2) is 0 Å². The molecule has 2 aromatic heterocycles. The standard InChI is InChI=1S/C20H24N4O4S/c1-14-19(29(25,26)23-9-11-27-12-10-23)15(2)24(22-14)13-18-16(3)28-20(21-18)17-7-5-4-6-8-17/h4-8H,9-13H2,1-3H3. The summed E-state index contributed by atoms with van der Waals surface area (Å²) in [7, 11) is -3.62. The Bertz CT molecular complexity index is 1110. The van der Waals surface area contributed by atoms with Crippen molar-refractivity contribution in [2.75, 3.05) is 26.3 Å². The molecule has 154 valence electrons. The monoisotopic (exact) mass is 416 g/mol. The van der Waals surface area contributed by atoms with Crippen LogP contribution >= 0.6 is 0 Å². The van der Waals surface area contributed by atoms with Crippen LogP contribution in [0.25, 0.3) is 11.5 Å². The van der Waals surface area contributed by atoms with Crippen LogP contribution in [0.4, 0.5) is 0 Å². The molecule has 1 saturated heterocycles. The lowest BCUT2D eigenvalue weighted by Gasteiger charge is -2.26. The number of morpholine rings is 1. The van der Waals surface area contributed by atoms with Crippen molar-refractivity contribution in [3.05, 3.63) is 53.2 Å². The highest BCUT2D eigenvalue weighted by Gasteiger charge is 2.32. The highest BCUT2D eigenvalue weighted by atomic mass is 32.2. The fourth-order valence-electron chi connectivity index (χ4n) is 3.54. The first-order valence-corrected chi connectivity index (χ1v) is 11.0. The van der Waals surface area contributed by atoms with Crippen molar-refractivity contribution in [2.24, 2.45) is 0 Å². The fraction of sp³-hybridized carbons (Fsp3) is 0.400. The van der Waals surface area contributed by atoms with Gasteiger partial charge in [0.1, 0.15) is 16.3 Å². The van der Waals surface area contributed by atoms with Crippen molar-refractivity contribution in [1.82, 2.24) is 19.1 Å². The van der Waals surface area contributed by atoms with E-state index in [1.807, 2.05) is 37.3 Å². The van der Waals surface area contributed by atoms with Crippen LogP contribution in [-0.4, -0.2) is 53.8 Å². The molecule has 3 heterocycles. The third kappa shape index (κ3) is 3.73. The Morgan fingerprint density at radius 1 is 1.07 bits per heavy atom. The van der Waals surface area contributed by atoms with E-state index in [4.69, 9.17) is 9.15 Å². The second-order valence-corrected chi connectivity index (χ2v) is 8.94. The molecule has 29 heavy (non-hydrogen) atoms. The van der Waals surface area contributed by atoms with Crippen molar-refractivity contribution >= 4 is 10.0 Å². The quantitative estimate of drug-likeness (QED) is 0.635. The first-order valence-electron chi connectivity index (χ1n) is 9.51. The summed E-state index contributed by atoms with van der Waals surface area (Å²) in [5, 5.41) is 4.49. The summed E-state index contributed by atoms with van der Waals surface area (Å²) in [5.41, 5.74) is 2.70. The van der Waals surface area contributed by atoms with Crippen LogP contribution in [0.2, 0.25) is 0 Å². The van der Waals surface area contributed by atoms with E-state index in [0.29, 0.717) is 55.9 Å². The first-order chi connectivity index (χ1) is 13.9. The number of hydrogen-bond donors (Lipinski definition) is 0. The minimum Gasteiger partial charge on any atom is -0.441 e. The lowest BCUT2D eigenvalue weighted by atomic mass is 10.2. The summed E-state index contributed by atoms with van der Waals surface area (Å²) in [6, 6.07) is 9.67. The molecule has 0 N–H and O–H groups in total. The van der Waals surface area contributed by atoms with Gasteiger partial charge in [0.05, 0.1) is 31.1 Å². The van der Waals surface area contributed by atoms with E-state index in [1.165, 1.54) is 4.31 Å². The van der Waals surface area contributed by atoms with Gasteiger partial charge < -0.3 is 9.15 Å². The molecule has 1 fully saturated rings. The van der Waals surface area contributed by atoms with Crippen LogP contribution in [0, 0.1) is 20.8 Å². The topological polar surface area (TPSA) is 90.5 Å². The van der Waals surface area contributed by atoms with Gasteiger partial charge in [-0.1, -0.05) is 18.2 Å². The molecule has 0 unspecified atom stereocenters. The Kier molecular flexibility index (Phi) is 5.28. The van der Waals surface area contributed by atoms with Gasteiger partial charge in [-0.2, -0.15) is 9.40 Å². The number of rotatable bonds is 5. The van der Waals surface area contributed by atoms with Crippen LogP contribution < -0.4 is 0 Å². The van der Waals surface area contributed by atoms with Gasteiger partial charge in [0, 0.05) is 18.7 Å². The average Bonchev–Trinajstić information content (AvgIpc) is 3.22. The molecule has 0 radical (unpaired) electrons. The fourth-order valence-corrected chi connectivity index (χ4v) is 5.33. The summed E-state index contributed by atoms with van der Waals surface area (Å²) in [6.45, 7) is 7.23. The molecule has 0 amide bonds. The third-order valence-electron chi connectivity index (χ3n) is 5.10. The lowest BCUT2D eigenvalue weighted by molar-refractivity contribution is 0.0730.